The van der Waals surface area contributed by atoms with E-state index in [1.165, 1.54) is 4.88 Å². The number of nitrogens with zero attached hydrogens (tertiary/aromatic N) is 4. The summed E-state index contributed by atoms with van der Waals surface area (Å²) < 4.78 is 5.79. The van der Waals surface area contributed by atoms with Gasteiger partial charge in [0.05, 0.1) is 13.2 Å². The molecule has 19 heavy (non-hydrogen) atoms. The number of nitriles is 1. The van der Waals surface area contributed by atoms with Gasteiger partial charge in [0.1, 0.15) is 12.2 Å². The van der Waals surface area contributed by atoms with E-state index in [1.54, 1.807) is 17.4 Å². The lowest BCUT2D eigenvalue weighted by Crippen LogP contribution is -2.38. The van der Waals surface area contributed by atoms with Crippen molar-refractivity contribution >= 4 is 17.2 Å². The van der Waals surface area contributed by atoms with E-state index in [-0.39, 0.29) is 6.10 Å². The molecule has 3 rings (SSSR count). The Balaban J connectivity index is 1.76. The van der Waals surface area contributed by atoms with Crippen LogP contribution >= 0.6 is 11.3 Å². The number of hydrogen-bond acceptors (Lipinski definition) is 6. The summed E-state index contributed by atoms with van der Waals surface area (Å²) in [6, 6.07) is 9.62. The first kappa shape index (κ1) is 12.1. The average molecular weight is 272 g/mol. The van der Waals surface area contributed by atoms with Crippen molar-refractivity contribution in [2.45, 2.75) is 6.10 Å². The minimum Gasteiger partial charge on any atom is -0.369 e. The summed E-state index contributed by atoms with van der Waals surface area (Å²) in [5.74, 6) is 0.795. The molecule has 0 spiro atoms. The van der Waals surface area contributed by atoms with E-state index in [1.807, 2.05) is 18.2 Å². The maximum atomic E-state index is 8.72. The Morgan fingerprint density at radius 3 is 3.00 bits per heavy atom. The fourth-order valence-corrected chi connectivity index (χ4v) is 2.82. The highest BCUT2D eigenvalue weighted by atomic mass is 32.1. The van der Waals surface area contributed by atoms with Crippen molar-refractivity contribution in [1.82, 2.24) is 10.2 Å². The molecule has 1 saturated heterocycles. The number of ether oxygens (including phenoxy) is 1. The van der Waals surface area contributed by atoms with Gasteiger partial charge < -0.3 is 9.64 Å². The van der Waals surface area contributed by atoms with Gasteiger partial charge in [-0.1, -0.05) is 6.07 Å². The van der Waals surface area contributed by atoms with Crippen LogP contribution < -0.4 is 4.90 Å². The Bertz CT molecular complexity index is 576. The number of anilines is 1. The Kier molecular flexibility index (Phi) is 3.40. The normalized spacial score (nSPS) is 19.1. The molecule has 0 aliphatic carbocycles. The van der Waals surface area contributed by atoms with Crippen LogP contribution in [0.1, 0.15) is 16.7 Å². The maximum Gasteiger partial charge on any atom is 0.163 e. The second-order valence-electron chi connectivity index (χ2n) is 4.21. The molecule has 1 unspecified atom stereocenters. The first-order valence-electron chi connectivity index (χ1n) is 6.00. The van der Waals surface area contributed by atoms with Crippen molar-refractivity contribution in [2.75, 3.05) is 24.6 Å². The fourth-order valence-electron chi connectivity index (χ4n) is 2.06. The van der Waals surface area contributed by atoms with Gasteiger partial charge >= 0.3 is 0 Å². The van der Waals surface area contributed by atoms with Gasteiger partial charge in [-0.2, -0.15) is 5.26 Å². The Labute approximate surface area is 115 Å². The van der Waals surface area contributed by atoms with Gasteiger partial charge in [-0.25, -0.2) is 0 Å². The van der Waals surface area contributed by atoms with Crippen LogP contribution in [0.25, 0.3) is 0 Å². The molecule has 1 fully saturated rings. The Morgan fingerprint density at radius 2 is 2.32 bits per heavy atom. The predicted molar refractivity (Wildman–Crippen MR) is 72.0 cm³/mol. The second-order valence-corrected chi connectivity index (χ2v) is 5.19. The van der Waals surface area contributed by atoms with E-state index in [0.717, 1.165) is 18.9 Å². The number of rotatable bonds is 2. The molecule has 2 aromatic rings. The van der Waals surface area contributed by atoms with E-state index in [0.29, 0.717) is 12.3 Å². The molecule has 96 valence electrons. The van der Waals surface area contributed by atoms with Crippen LogP contribution in [0.4, 0.5) is 5.82 Å². The van der Waals surface area contributed by atoms with Crippen molar-refractivity contribution in [3.63, 3.8) is 0 Å². The third-order valence-corrected chi connectivity index (χ3v) is 3.98. The van der Waals surface area contributed by atoms with Gasteiger partial charge in [-0.05, 0) is 23.6 Å². The first-order chi connectivity index (χ1) is 9.36. The van der Waals surface area contributed by atoms with Crippen molar-refractivity contribution in [3.05, 3.63) is 40.2 Å². The number of hydrogen-bond donors (Lipinski definition) is 0. The van der Waals surface area contributed by atoms with Crippen LogP contribution in [0, 0.1) is 11.3 Å². The van der Waals surface area contributed by atoms with Crippen molar-refractivity contribution in [2.24, 2.45) is 0 Å². The number of morpholine rings is 1. The zero-order valence-corrected chi connectivity index (χ0v) is 11.0. The highest BCUT2D eigenvalue weighted by Gasteiger charge is 2.23. The molecule has 6 heteroatoms. The smallest absolute Gasteiger partial charge is 0.163 e. The van der Waals surface area contributed by atoms with Crippen LogP contribution in [0.3, 0.4) is 0 Å². The molecular formula is C13H12N4OS. The largest absolute Gasteiger partial charge is 0.369 e. The Hall–Kier alpha value is -1.97. The molecular weight excluding hydrogens is 260 g/mol. The molecule has 0 radical (unpaired) electrons. The lowest BCUT2D eigenvalue weighted by atomic mass is 10.2. The predicted octanol–water partition coefficient (Wildman–Crippen LogP) is 1.99. The van der Waals surface area contributed by atoms with E-state index < -0.39 is 0 Å². The van der Waals surface area contributed by atoms with E-state index >= 15 is 0 Å². The van der Waals surface area contributed by atoms with Crippen LogP contribution in [0.5, 0.6) is 0 Å². The standard InChI is InChI=1S/C13H12N4OS/c14-8-10-3-4-13(16-15-10)17-5-6-18-11(9-17)12-2-1-7-19-12/h1-4,7,11H,5-6,9H2. The summed E-state index contributed by atoms with van der Waals surface area (Å²) in [6.45, 7) is 2.23. The first-order valence-corrected chi connectivity index (χ1v) is 6.88. The molecule has 2 aromatic heterocycles. The summed E-state index contributed by atoms with van der Waals surface area (Å²) in [5.41, 5.74) is 0.340. The number of aromatic nitrogens is 2. The number of thiophene rings is 1. The lowest BCUT2D eigenvalue weighted by Gasteiger charge is -2.32. The van der Waals surface area contributed by atoms with Gasteiger partial charge in [-0.3, -0.25) is 0 Å². The zero-order chi connectivity index (χ0) is 13.1. The van der Waals surface area contributed by atoms with E-state index in [4.69, 9.17) is 10.00 Å². The molecule has 0 aromatic carbocycles. The van der Waals surface area contributed by atoms with Gasteiger partial charge in [0, 0.05) is 11.4 Å². The van der Waals surface area contributed by atoms with Crippen LogP contribution in [0.2, 0.25) is 0 Å². The van der Waals surface area contributed by atoms with E-state index in [2.05, 4.69) is 26.5 Å². The maximum absolute atomic E-state index is 8.72. The zero-order valence-electron chi connectivity index (χ0n) is 10.2. The molecule has 1 aliphatic heterocycles. The molecule has 5 nitrogen and oxygen atoms in total. The summed E-state index contributed by atoms with van der Waals surface area (Å²) >= 11 is 1.70. The topological polar surface area (TPSA) is 62.0 Å². The molecule has 0 saturated carbocycles. The molecule has 0 amide bonds. The van der Waals surface area contributed by atoms with Crippen LogP contribution in [0.15, 0.2) is 29.6 Å². The van der Waals surface area contributed by atoms with Crippen molar-refractivity contribution in [3.8, 4) is 6.07 Å². The quantitative estimate of drug-likeness (QED) is 0.836. The monoisotopic (exact) mass is 272 g/mol. The van der Waals surface area contributed by atoms with Gasteiger partial charge in [0.15, 0.2) is 11.5 Å². The molecule has 1 aliphatic rings. The summed E-state index contributed by atoms with van der Waals surface area (Å²) in [7, 11) is 0. The minimum absolute atomic E-state index is 0.0891. The van der Waals surface area contributed by atoms with Gasteiger partial charge in [0.2, 0.25) is 0 Å². The summed E-state index contributed by atoms with van der Waals surface area (Å²) in [4.78, 5) is 3.37. The molecule has 0 N–H and O–H groups in total. The molecule has 3 heterocycles. The summed E-state index contributed by atoms with van der Waals surface area (Å²) in [5, 5.41) is 18.7. The SMILES string of the molecule is N#Cc1ccc(N2CCOC(c3cccs3)C2)nn1. The molecule has 0 bridgehead atoms. The minimum atomic E-state index is 0.0891. The third-order valence-electron chi connectivity index (χ3n) is 3.02. The molecule has 1 atom stereocenters. The highest BCUT2D eigenvalue weighted by molar-refractivity contribution is 7.10. The van der Waals surface area contributed by atoms with Gasteiger partial charge in [0.25, 0.3) is 0 Å². The van der Waals surface area contributed by atoms with Gasteiger partial charge in [-0.15, -0.1) is 21.5 Å². The van der Waals surface area contributed by atoms with Crippen LogP contribution in [-0.2, 0) is 4.74 Å². The van der Waals surface area contributed by atoms with Crippen molar-refractivity contribution in [1.29, 1.82) is 5.26 Å². The second kappa shape index (κ2) is 5.34. The average Bonchev–Trinajstić information content (AvgIpc) is 3.02. The van der Waals surface area contributed by atoms with Crippen LogP contribution in [-0.4, -0.2) is 29.9 Å². The fraction of sp³-hybridized carbons (Fsp3) is 0.308. The highest BCUT2D eigenvalue weighted by Crippen LogP contribution is 2.27. The summed E-state index contributed by atoms with van der Waals surface area (Å²) in [6.07, 6.45) is 0.0891. The van der Waals surface area contributed by atoms with E-state index in [9.17, 15) is 0 Å². The lowest BCUT2D eigenvalue weighted by molar-refractivity contribution is 0.0418. The third kappa shape index (κ3) is 2.57. The van der Waals surface area contributed by atoms with Crippen molar-refractivity contribution < 1.29 is 4.74 Å². The Morgan fingerprint density at radius 1 is 1.37 bits per heavy atom.